The molecule has 1 amide bonds. The summed E-state index contributed by atoms with van der Waals surface area (Å²) < 4.78 is 12.8. The Morgan fingerprint density at radius 2 is 2.10 bits per heavy atom. The Kier molecular flexibility index (Phi) is 5.92. The summed E-state index contributed by atoms with van der Waals surface area (Å²) in [6, 6.07) is 9.19. The van der Waals surface area contributed by atoms with E-state index in [0.717, 1.165) is 36.3 Å². The number of hydrogen-bond donors (Lipinski definition) is 0. The van der Waals surface area contributed by atoms with Crippen molar-refractivity contribution < 1.29 is 13.9 Å². The number of likely N-dealkylation sites (tertiary alicyclic amines) is 1. The maximum atomic E-state index is 12.9. The molecule has 2 aromatic heterocycles. The molecule has 0 saturated carbocycles. The number of para-hydroxylation sites is 1. The lowest BCUT2D eigenvalue weighted by atomic mass is 10.0. The van der Waals surface area contributed by atoms with E-state index in [-0.39, 0.29) is 18.5 Å². The average Bonchev–Trinajstić information content (AvgIpc) is 3.24. The van der Waals surface area contributed by atoms with Crippen LogP contribution in [0.3, 0.4) is 0 Å². The molecule has 0 aliphatic carbocycles. The van der Waals surface area contributed by atoms with Crippen molar-refractivity contribution in [1.29, 1.82) is 0 Å². The Morgan fingerprint density at radius 1 is 1.23 bits per heavy atom. The SMILES string of the molecule is COc1ccccc1Cc1cnc(C2CCCCN2C(=O)Cn2cccnc2=O)o1. The van der Waals surface area contributed by atoms with E-state index in [0.29, 0.717) is 18.9 Å². The Balaban J connectivity index is 1.51. The van der Waals surface area contributed by atoms with Crippen LogP contribution in [0.2, 0.25) is 0 Å². The summed E-state index contributed by atoms with van der Waals surface area (Å²) in [5.74, 6) is 1.91. The molecular formula is C22H24N4O4. The number of carbonyl (C=O) groups excluding carboxylic acids is 1. The molecule has 0 spiro atoms. The van der Waals surface area contributed by atoms with E-state index in [2.05, 4.69) is 9.97 Å². The van der Waals surface area contributed by atoms with E-state index in [1.165, 1.54) is 10.8 Å². The van der Waals surface area contributed by atoms with E-state index in [4.69, 9.17) is 9.15 Å². The second-order valence-corrected chi connectivity index (χ2v) is 7.28. The molecule has 0 radical (unpaired) electrons. The first-order chi connectivity index (χ1) is 14.7. The average molecular weight is 408 g/mol. The number of ether oxygens (including phenoxy) is 1. The van der Waals surface area contributed by atoms with Crippen molar-refractivity contribution in [2.45, 2.75) is 38.3 Å². The van der Waals surface area contributed by atoms with Crippen molar-refractivity contribution in [2.75, 3.05) is 13.7 Å². The Hall–Kier alpha value is -3.42. The maximum absolute atomic E-state index is 12.9. The standard InChI is InChI=1S/C22H24N4O4/c1-29-19-9-3-2-7-16(19)13-17-14-24-21(30-17)18-8-4-5-12-26(18)20(27)15-25-11-6-10-23-22(25)28/h2-3,6-7,9-11,14,18H,4-5,8,12-13,15H2,1H3. The monoisotopic (exact) mass is 408 g/mol. The second-order valence-electron chi connectivity index (χ2n) is 7.28. The summed E-state index contributed by atoms with van der Waals surface area (Å²) >= 11 is 0. The molecule has 4 rings (SSSR count). The van der Waals surface area contributed by atoms with Crippen molar-refractivity contribution in [3.05, 3.63) is 76.6 Å². The fourth-order valence-corrected chi connectivity index (χ4v) is 3.83. The number of nitrogens with zero attached hydrogens (tertiary/aromatic N) is 4. The van der Waals surface area contributed by atoms with Crippen molar-refractivity contribution >= 4 is 5.91 Å². The first-order valence-electron chi connectivity index (χ1n) is 10.0. The molecular weight excluding hydrogens is 384 g/mol. The molecule has 0 bridgehead atoms. The van der Waals surface area contributed by atoms with Gasteiger partial charge in [-0.1, -0.05) is 18.2 Å². The summed E-state index contributed by atoms with van der Waals surface area (Å²) in [6.07, 6.45) is 7.95. The molecule has 1 aromatic carbocycles. The largest absolute Gasteiger partial charge is 0.496 e. The van der Waals surface area contributed by atoms with Crippen LogP contribution in [0.15, 0.2) is 58.1 Å². The van der Waals surface area contributed by atoms with Gasteiger partial charge in [0, 0.05) is 30.9 Å². The zero-order valence-electron chi connectivity index (χ0n) is 16.9. The van der Waals surface area contributed by atoms with Crippen LogP contribution in [0.5, 0.6) is 5.75 Å². The van der Waals surface area contributed by atoms with E-state index in [1.54, 1.807) is 30.5 Å². The lowest BCUT2D eigenvalue weighted by Gasteiger charge is -2.33. The number of aromatic nitrogens is 3. The molecule has 1 fully saturated rings. The van der Waals surface area contributed by atoms with Gasteiger partial charge in [-0.05, 0) is 31.4 Å². The topological polar surface area (TPSA) is 90.5 Å². The van der Waals surface area contributed by atoms with E-state index in [1.807, 2.05) is 24.3 Å². The summed E-state index contributed by atoms with van der Waals surface area (Å²) in [4.78, 5) is 34.7. The van der Waals surface area contributed by atoms with Crippen LogP contribution in [0, 0.1) is 0 Å². The number of hydrogen-bond acceptors (Lipinski definition) is 6. The molecule has 1 aliphatic heterocycles. The third-order valence-electron chi connectivity index (χ3n) is 5.33. The van der Waals surface area contributed by atoms with Gasteiger partial charge in [-0.25, -0.2) is 14.8 Å². The molecule has 1 unspecified atom stereocenters. The van der Waals surface area contributed by atoms with Gasteiger partial charge in [-0.15, -0.1) is 0 Å². The van der Waals surface area contributed by atoms with Crippen LogP contribution < -0.4 is 10.4 Å². The number of piperidine rings is 1. The summed E-state index contributed by atoms with van der Waals surface area (Å²) in [5, 5.41) is 0. The fourth-order valence-electron chi connectivity index (χ4n) is 3.83. The maximum Gasteiger partial charge on any atom is 0.347 e. The number of carbonyl (C=O) groups is 1. The summed E-state index contributed by atoms with van der Waals surface area (Å²) in [5.41, 5.74) is 0.574. The highest BCUT2D eigenvalue weighted by Gasteiger charge is 2.31. The fraction of sp³-hybridized carbons (Fsp3) is 0.364. The first kappa shape index (κ1) is 19.9. The highest BCUT2D eigenvalue weighted by molar-refractivity contribution is 5.76. The van der Waals surface area contributed by atoms with Gasteiger partial charge in [-0.3, -0.25) is 9.36 Å². The van der Waals surface area contributed by atoms with Crippen LogP contribution >= 0.6 is 0 Å². The highest BCUT2D eigenvalue weighted by Crippen LogP contribution is 2.31. The lowest BCUT2D eigenvalue weighted by Crippen LogP contribution is -2.42. The minimum Gasteiger partial charge on any atom is -0.496 e. The molecule has 1 saturated heterocycles. The Morgan fingerprint density at radius 3 is 2.93 bits per heavy atom. The zero-order valence-corrected chi connectivity index (χ0v) is 16.9. The van der Waals surface area contributed by atoms with Crippen LogP contribution in [0.25, 0.3) is 0 Å². The Labute approximate surface area is 174 Å². The van der Waals surface area contributed by atoms with Crippen LogP contribution in [-0.2, 0) is 17.8 Å². The highest BCUT2D eigenvalue weighted by atomic mass is 16.5. The van der Waals surface area contributed by atoms with E-state index in [9.17, 15) is 9.59 Å². The minimum absolute atomic E-state index is 0.0437. The number of amides is 1. The predicted molar refractivity (Wildman–Crippen MR) is 109 cm³/mol. The van der Waals surface area contributed by atoms with Crippen molar-refractivity contribution in [2.24, 2.45) is 0 Å². The van der Waals surface area contributed by atoms with Gasteiger partial charge in [0.25, 0.3) is 0 Å². The van der Waals surface area contributed by atoms with E-state index < -0.39 is 5.69 Å². The molecule has 8 nitrogen and oxygen atoms in total. The smallest absolute Gasteiger partial charge is 0.347 e. The number of oxazole rings is 1. The first-order valence-corrected chi connectivity index (χ1v) is 10.0. The van der Waals surface area contributed by atoms with Gasteiger partial charge in [0.15, 0.2) is 0 Å². The van der Waals surface area contributed by atoms with Crippen molar-refractivity contribution in [1.82, 2.24) is 19.4 Å². The number of rotatable bonds is 6. The van der Waals surface area contributed by atoms with Gasteiger partial charge in [0.05, 0.1) is 13.3 Å². The summed E-state index contributed by atoms with van der Waals surface area (Å²) in [7, 11) is 1.64. The van der Waals surface area contributed by atoms with Gasteiger partial charge < -0.3 is 14.1 Å². The third kappa shape index (κ3) is 4.27. The molecule has 1 atom stereocenters. The minimum atomic E-state index is -0.436. The van der Waals surface area contributed by atoms with Crippen molar-refractivity contribution in [3.63, 3.8) is 0 Å². The van der Waals surface area contributed by atoms with E-state index >= 15 is 0 Å². The van der Waals surface area contributed by atoms with Gasteiger partial charge in [0.1, 0.15) is 24.1 Å². The third-order valence-corrected chi connectivity index (χ3v) is 5.33. The molecule has 156 valence electrons. The van der Waals surface area contributed by atoms with Crippen molar-refractivity contribution in [3.8, 4) is 5.75 Å². The normalized spacial score (nSPS) is 16.4. The second kappa shape index (κ2) is 8.94. The Bertz CT molecular complexity index is 1070. The summed E-state index contributed by atoms with van der Waals surface area (Å²) in [6.45, 7) is 0.570. The van der Waals surface area contributed by atoms with Crippen LogP contribution in [0.1, 0.15) is 42.5 Å². The zero-order chi connectivity index (χ0) is 20.9. The van der Waals surface area contributed by atoms with Crippen LogP contribution in [0.4, 0.5) is 0 Å². The molecule has 3 heterocycles. The molecule has 3 aromatic rings. The van der Waals surface area contributed by atoms with Gasteiger partial charge in [0.2, 0.25) is 11.8 Å². The quantitative estimate of drug-likeness (QED) is 0.623. The van der Waals surface area contributed by atoms with Gasteiger partial charge >= 0.3 is 5.69 Å². The van der Waals surface area contributed by atoms with Gasteiger partial charge in [-0.2, -0.15) is 0 Å². The molecule has 0 N–H and O–H groups in total. The number of methoxy groups -OCH3 is 1. The van der Waals surface area contributed by atoms with Crippen LogP contribution in [-0.4, -0.2) is 39.0 Å². The predicted octanol–water partition coefficient (Wildman–Crippen LogP) is 2.58. The lowest BCUT2D eigenvalue weighted by molar-refractivity contribution is -0.136. The number of benzene rings is 1. The molecule has 30 heavy (non-hydrogen) atoms. The molecule has 8 heteroatoms. The molecule has 1 aliphatic rings.